The van der Waals surface area contributed by atoms with Gasteiger partial charge in [-0.15, -0.1) is 0 Å². The lowest BCUT2D eigenvalue weighted by Crippen LogP contribution is -2.32. The van der Waals surface area contributed by atoms with Gasteiger partial charge in [-0.25, -0.2) is 14.8 Å². The fraction of sp³-hybridized carbons (Fsp3) is 0.280. The number of aryl methyl sites for hydroxylation is 1. The van der Waals surface area contributed by atoms with Crippen molar-refractivity contribution >= 4 is 12.0 Å². The Morgan fingerprint density at radius 2 is 1.59 bits per heavy atom. The fourth-order valence-corrected chi connectivity index (χ4v) is 3.03. The molecule has 0 saturated carbocycles. The average molecular weight is 433 g/mol. The monoisotopic (exact) mass is 432 g/mol. The molecule has 32 heavy (non-hydrogen) atoms. The van der Waals surface area contributed by atoms with Gasteiger partial charge >= 0.3 is 6.09 Å². The van der Waals surface area contributed by atoms with Crippen LogP contribution in [-0.4, -0.2) is 27.6 Å². The first-order valence-corrected chi connectivity index (χ1v) is 10.4. The van der Waals surface area contributed by atoms with Gasteiger partial charge in [0.1, 0.15) is 11.4 Å². The maximum atomic E-state index is 12.5. The summed E-state index contributed by atoms with van der Waals surface area (Å²) in [6, 6.07) is 16.8. The zero-order chi connectivity index (χ0) is 23.1. The van der Waals surface area contributed by atoms with Crippen molar-refractivity contribution in [1.82, 2.24) is 20.6 Å². The average Bonchev–Trinajstić information content (AvgIpc) is 2.75. The number of carbonyl (C=O) groups is 2. The van der Waals surface area contributed by atoms with Gasteiger partial charge < -0.3 is 15.4 Å². The third kappa shape index (κ3) is 6.91. The minimum atomic E-state index is -0.540. The van der Waals surface area contributed by atoms with Crippen LogP contribution in [0.4, 0.5) is 4.79 Å². The molecule has 0 radical (unpaired) electrons. The molecule has 2 amide bonds. The van der Waals surface area contributed by atoms with Crippen LogP contribution in [-0.2, 0) is 17.8 Å². The van der Waals surface area contributed by atoms with E-state index < -0.39 is 11.7 Å². The minimum Gasteiger partial charge on any atom is -0.444 e. The first-order chi connectivity index (χ1) is 15.2. The van der Waals surface area contributed by atoms with Crippen molar-refractivity contribution in [3.05, 3.63) is 83.3 Å². The van der Waals surface area contributed by atoms with E-state index in [0.717, 1.165) is 22.4 Å². The number of ether oxygens (including phenoxy) is 1. The second kappa shape index (κ2) is 10.0. The molecular formula is C25H28N4O3. The molecule has 0 unspecified atom stereocenters. The SMILES string of the molecule is Cc1nccc(-c2ccc(C(=O)NCc3cccc(CNC(=O)OC(C)(C)C)c3)cc2)n1. The lowest BCUT2D eigenvalue weighted by molar-refractivity contribution is 0.0523. The highest BCUT2D eigenvalue weighted by atomic mass is 16.6. The number of hydrogen-bond acceptors (Lipinski definition) is 5. The molecule has 7 heteroatoms. The van der Waals surface area contributed by atoms with E-state index in [2.05, 4.69) is 20.6 Å². The van der Waals surface area contributed by atoms with Crippen LogP contribution in [0.2, 0.25) is 0 Å². The molecule has 0 bridgehead atoms. The molecule has 1 aromatic heterocycles. The van der Waals surface area contributed by atoms with Crippen LogP contribution in [0.3, 0.4) is 0 Å². The van der Waals surface area contributed by atoms with Gasteiger partial charge in [0.15, 0.2) is 0 Å². The maximum Gasteiger partial charge on any atom is 0.407 e. The van der Waals surface area contributed by atoms with E-state index in [1.165, 1.54) is 0 Å². The van der Waals surface area contributed by atoms with Crippen LogP contribution in [0, 0.1) is 6.92 Å². The van der Waals surface area contributed by atoms with Gasteiger partial charge in [-0.3, -0.25) is 4.79 Å². The van der Waals surface area contributed by atoms with Crippen LogP contribution in [0.5, 0.6) is 0 Å². The Balaban J connectivity index is 1.54. The van der Waals surface area contributed by atoms with E-state index in [0.29, 0.717) is 24.5 Å². The van der Waals surface area contributed by atoms with Gasteiger partial charge in [0.25, 0.3) is 5.91 Å². The quantitative estimate of drug-likeness (QED) is 0.602. The zero-order valence-electron chi connectivity index (χ0n) is 18.8. The summed E-state index contributed by atoms with van der Waals surface area (Å²) in [4.78, 5) is 32.9. The first-order valence-electron chi connectivity index (χ1n) is 10.4. The first kappa shape index (κ1) is 22.9. The summed E-state index contributed by atoms with van der Waals surface area (Å²) in [6.07, 6.45) is 1.26. The molecule has 2 N–H and O–H groups in total. The largest absolute Gasteiger partial charge is 0.444 e. The molecule has 0 fully saturated rings. The number of amides is 2. The number of aromatic nitrogens is 2. The standard InChI is InChI=1S/C25H28N4O3/c1-17-26-13-12-22(29-17)20-8-10-21(11-9-20)23(30)27-15-18-6-5-7-19(14-18)16-28-24(31)32-25(2,3)4/h5-14H,15-16H2,1-4H3,(H,27,30)(H,28,31). The minimum absolute atomic E-state index is 0.160. The third-order valence-corrected chi connectivity index (χ3v) is 4.50. The van der Waals surface area contributed by atoms with E-state index in [1.54, 1.807) is 18.3 Å². The van der Waals surface area contributed by atoms with Crippen molar-refractivity contribution in [3.63, 3.8) is 0 Å². The molecule has 0 aliphatic rings. The summed E-state index contributed by atoms with van der Waals surface area (Å²) in [6.45, 7) is 8.03. The molecular weight excluding hydrogens is 404 g/mol. The van der Waals surface area contributed by atoms with Gasteiger partial charge in [-0.05, 0) is 57.0 Å². The highest BCUT2D eigenvalue weighted by molar-refractivity contribution is 5.94. The maximum absolute atomic E-state index is 12.5. The van der Waals surface area contributed by atoms with E-state index in [1.807, 2.05) is 70.2 Å². The molecule has 2 aromatic carbocycles. The predicted molar refractivity (Wildman–Crippen MR) is 123 cm³/mol. The van der Waals surface area contributed by atoms with Crippen molar-refractivity contribution in [2.45, 2.75) is 46.4 Å². The molecule has 3 aromatic rings. The van der Waals surface area contributed by atoms with Gasteiger partial charge in [0, 0.05) is 30.4 Å². The Hall–Kier alpha value is -3.74. The topological polar surface area (TPSA) is 93.2 Å². The molecule has 0 saturated heterocycles. The number of rotatable bonds is 6. The number of hydrogen-bond donors (Lipinski definition) is 2. The Kier molecular flexibility index (Phi) is 7.20. The summed E-state index contributed by atoms with van der Waals surface area (Å²) in [5.41, 5.74) is 3.64. The summed E-state index contributed by atoms with van der Waals surface area (Å²) in [5.74, 6) is 0.542. The van der Waals surface area contributed by atoms with Gasteiger partial charge in [-0.2, -0.15) is 0 Å². The highest BCUT2D eigenvalue weighted by Crippen LogP contribution is 2.17. The van der Waals surface area contributed by atoms with Crippen molar-refractivity contribution in [2.75, 3.05) is 0 Å². The van der Waals surface area contributed by atoms with Crippen molar-refractivity contribution < 1.29 is 14.3 Å². The summed E-state index contributed by atoms with van der Waals surface area (Å²) >= 11 is 0. The van der Waals surface area contributed by atoms with E-state index >= 15 is 0 Å². The summed E-state index contributed by atoms with van der Waals surface area (Å²) in [7, 11) is 0. The Bertz CT molecular complexity index is 1090. The lowest BCUT2D eigenvalue weighted by atomic mass is 10.1. The zero-order valence-corrected chi connectivity index (χ0v) is 18.8. The molecule has 1 heterocycles. The second-order valence-electron chi connectivity index (χ2n) is 8.42. The smallest absolute Gasteiger partial charge is 0.407 e. The third-order valence-electron chi connectivity index (χ3n) is 4.50. The molecule has 7 nitrogen and oxygen atoms in total. The van der Waals surface area contributed by atoms with Gasteiger partial charge in [0.2, 0.25) is 0 Å². The number of alkyl carbamates (subject to hydrolysis) is 1. The molecule has 0 aliphatic carbocycles. The predicted octanol–water partition coefficient (Wildman–Crippen LogP) is 4.41. The van der Waals surface area contributed by atoms with Crippen LogP contribution in [0.15, 0.2) is 60.8 Å². The number of carbonyl (C=O) groups excluding carboxylic acids is 2. The Morgan fingerprint density at radius 3 is 2.22 bits per heavy atom. The fourth-order valence-electron chi connectivity index (χ4n) is 3.03. The second-order valence-corrected chi connectivity index (χ2v) is 8.42. The molecule has 3 rings (SSSR count). The number of nitrogens with zero attached hydrogens (tertiary/aromatic N) is 2. The van der Waals surface area contributed by atoms with Crippen molar-refractivity contribution in [1.29, 1.82) is 0 Å². The van der Waals surface area contributed by atoms with Crippen molar-refractivity contribution in [2.24, 2.45) is 0 Å². The number of nitrogens with one attached hydrogen (secondary N) is 2. The summed E-state index contributed by atoms with van der Waals surface area (Å²) in [5, 5.41) is 5.67. The highest BCUT2D eigenvalue weighted by Gasteiger charge is 2.15. The lowest BCUT2D eigenvalue weighted by Gasteiger charge is -2.19. The Labute approximate surface area is 188 Å². The van der Waals surface area contributed by atoms with Crippen LogP contribution >= 0.6 is 0 Å². The molecule has 0 aliphatic heterocycles. The van der Waals surface area contributed by atoms with Crippen LogP contribution < -0.4 is 10.6 Å². The van der Waals surface area contributed by atoms with Gasteiger partial charge in [0.05, 0.1) is 5.69 Å². The van der Waals surface area contributed by atoms with Crippen molar-refractivity contribution in [3.8, 4) is 11.3 Å². The summed E-state index contributed by atoms with van der Waals surface area (Å²) < 4.78 is 5.25. The van der Waals surface area contributed by atoms with Crippen LogP contribution in [0.1, 0.15) is 48.1 Å². The normalized spacial score (nSPS) is 11.0. The Morgan fingerprint density at radius 1 is 0.938 bits per heavy atom. The van der Waals surface area contributed by atoms with Crippen LogP contribution in [0.25, 0.3) is 11.3 Å². The molecule has 0 spiro atoms. The van der Waals surface area contributed by atoms with Gasteiger partial charge in [-0.1, -0.05) is 36.4 Å². The molecule has 0 atom stereocenters. The number of benzene rings is 2. The van der Waals surface area contributed by atoms with E-state index in [-0.39, 0.29) is 5.91 Å². The van der Waals surface area contributed by atoms with E-state index in [9.17, 15) is 9.59 Å². The molecule has 166 valence electrons. The van der Waals surface area contributed by atoms with E-state index in [4.69, 9.17) is 4.74 Å².